The van der Waals surface area contributed by atoms with E-state index < -0.39 is 11.6 Å². The molecule has 2 aliphatic rings. The lowest BCUT2D eigenvalue weighted by atomic mass is 9.67. The molecule has 0 heterocycles. The van der Waals surface area contributed by atoms with E-state index in [0.717, 1.165) is 36.2 Å². The number of aryl methyl sites for hydroxylation is 1. The highest BCUT2D eigenvalue weighted by atomic mass is 19.2. The summed E-state index contributed by atoms with van der Waals surface area (Å²) in [6.45, 7) is 2.24. The fourth-order valence-corrected chi connectivity index (χ4v) is 5.86. The molecule has 0 bridgehead atoms. The fraction of sp³-hybridized carbons (Fsp3) is 0.556. The molecule has 0 amide bonds. The molecule has 2 saturated carbocycles. The van der Waals surface area contributed by atoms with E-state index in [9.17, 15) is 8.78 Å². The quantitative estimate of drug-likeness (QED) is 0.478. The van der Waals surface area contributed by atoms with Gasteiger partial charge in [0.2, 0.25) is 0 Å². The third kappa shape index (κ3) is 4.90. The van der Waals surface area contributed by atoms with Gasteiger partial charge in [0.25, 0.3) is 0 Å². The number of hydrogen-bond donors (Lipinski definition) is 0. The molecule has 0 N–H and O–H groups in total. The van der Waals surface area contributed by atoms with Crippen molar-refractivity contribution < 1.29 is 8.78 Å². The molecular weight excluding hydrogens is 362 g/mol. The molecule has 0 radical (unpaired) electrons. The Kier molecular flexibility index (Phi) is 6.67. The Morgan fingerprint density at radius 1 is 0.655 bits per heavy atom. The van der Waals surface area contributed by atoms with E-state index in [1.165, 1.54) is 74.6 Å². The predicted molar refractivity (Wildman–Crippen MR) is 116 cm³/mol. The SMILES string of the molecule is CCCc1ccc([C@H]2CC[C@H](C3CCC(c4ccc(F)c(F)c4)CC3)CC2)cc1. The minimum atomic E-state index is -0.737. The fourth-order valence-electron chi connectivity index (χ4n) is 5.86. The standard InChI is InChI=1S/C27H34F2/c1-2-3-19-4-6-20(7-5-19)21-8-10-22(11-9-21)23-12-14-24(15-13-23)25-16-17-26(28)27(29)18-25/h4-7,16-18,21-24H,2-3,8-15H2,1H3/t21-,22-,23?,24?. The molecule has 2 fully saturated rings. The smallest absolute Gasteiger partial charge is 0.159 e. The number of halogens is 2. The summed E-state index contributed by atoms with van der Waals surface area (Å²) in [5, 5.41) is 0. The molecular formula is C27H34F2. The molecule has 156 valence electrons. The summed E-state index contributed by atoms with van der Waals surface area (Å²) in [5.74, 6) is 1.38. The molecule has 0 aromatic heterocycles. The van der Waals surface area contributed by atoms with Crippen LogP contribution in [0.3, 0.4) is 0 Å². The predicted octanol–water partition coefficient (Wildman–Crippen LogP) is 8.17. The van der Waals surface area contributed by atoms with Gasteiger partial charge >= 0.3 is 0 Å². The van der Waals surface area contributed by atoms with Gasteiger partial charge in [-0.25, -0.2) is 8.78 Å². The van der Waals surface area contributed by atoms with Crippen LogP contribution in [0.4, 0.5) is 8.78 Å². The molecule has 2 heteroatoms. The lowest BCUT2D eigenvalue weighted by Gasteiger charge is -2.38. The summed E-state index contributed by atoms with van der Waals surface area (Å²) in [6, 6.07) is 13.9. The second-order valence-electron chi connectivity index (χ2n) is 9.39. The normalized spacial score (nSPS) is 27.7. The Labute approximate surface area is 174 Å². The van der Waals surface area contributed by atoms with Crippen molar-refractivity contribution in [2.24, 2.45) is 11.8 Å². The Hall–Kier alpha value is -1.70. The van der Waals surface area contributed by atoms with Crippen LogP contribution in [0.15, 0.2) is 42.5 Å². The van der Waals surface area contributed by atoms with Gasteiger partial charge < -0.3 is 0 Å². The van der Waals surface area contributed by atoms with Gasteiger partial charge in [-0.2, -0.15) is 0 Å². The average molecular weight is 397 g/mol. The highest BCUT2D eigenvalue weighted by Gasteiger charge is 2.31. The van der Waals surface area contributed by atoms with Crippen LogP contribution in [-0.2, 0) is 6.42 Å². The zero-order valence-corrected chi connectivity index (χ0v) is 17.7. The van der Waals surface area contributed by atoms with E-state index in [4.69, 9.17) is 0 Å². The zero-order chi connectivity index (χ0) is 20.2. The van der Waals surface area contributed by atoms with E-state index >= 15 is 0 Å². The molecule has 0 spiro atoms. The summed E-state index contributed by atoms with van der Waals surface area (Å²) in [6.07, 6.45) is 12.5. The van der Waals surface area contributed by atoms with Crippen LogP contribution in [-0.4, -0.2) is 0 Å². The number of benzene rings is 2. The zero-order valence-electron chi connectivity index (χ0n) is 17.7. The monoisotopic (exact) mass is 396 g/mol. The van der Waals surface area contributed by atoms with Gasteiger partial charge in [0, 0.05) is 0 Å². The minimum absolute atomic E-state index is 0.402. The Morgan fingerprint density at radius 2 is 1.17 bits per heavy atom. The van der Waals surface area contributed by atoms with Crippen LogP contribution >= 0.6 is 0 Å². The summed E-state index contributed by atoms with van der Waals surface area (Å²) >= 11 is 0. The molecule has 2 aromatic carbocycles. The molecule has 4 rings (SSSR count). The first-order valence-electron chi connectivity index (χ1n) is 11.7. The van der Waals surface area contributed by atoms with Crippen LogP contribution in [0.25, 0.3) is 0 Å². The lowest BCUT2D eigenvalue weighted by Crippen LogP contribution is -2.25. The lowest BCUT2D eigenvalue weighted by molar-refractivity contribution is 0.177. The average Bonchev–Trinajstić information content (AvgIpc) is 2.77. The van der Waals surface area contributed by atoms with Crippen molar-refractivity contribution in [2.75, 3.05) is 0 Å². The van der Waals surface area contributed by atoms with Crippen LogP contribution < -0.4 is 0 Å². The first-order chi connectivity index (χ1) is 14.1. The third-order valence-corrected chi connectivity index (χ3v) is 7.62. The van der Waals surface area contributed by atoms with E-state index in [2.05, 4.69) is 31.2 Å². The maximum Gasteiger partial charge on any atom is 0.159 e. The van der Waals surface area contributed by atoms with Crippen molar-refractivity contribution in [2.45, 2.75) is 83.0 Å². The van der Waals surface area contributed by atoms with Gasteiger partial charge in [-0.05, 0) is 110 Å². The first-order valence-corrected chi connectivity index (χ1v) is 11.7. The first kappa shape index (κ1) is 20.6. The largest absolute Gasteiger partial charge is 0.204 e. The van der Waals surface area contributed by atoms with Gasteiger partial charge in [0.15, 0.2) is 11.6 Å². The topological polar surface area (TPSA) is 0 Å². The van der Waals surface area contributed by atoms with Gasteiger partial charge in [0.1, 0.15) is 0 Å². The van der Waals surface area contributed by atoms with Gasteiger partial charge in [-0.1, -0.05) is 43.7 Å². The highest BCUT2D eigenvalue weighted by molar-refractivity contribution is 5.26. The van der Waals surface area contributed by atoms with Crippen molar-refractivity contribution in [1.82, 2.24) is 0 Å². The molecule has 0 aliphatic heterocycles. The van der Waals surface area contributed by atoms with Crippen LogP contribution in [0.2, 0.25) is 0 Å². The number of rotatable bonds is 5. The molecule has 0 unspecified atom stereocenters. The van der Waals surface area contributed by atoms with Crippen molar-refractivity contribution in [3.05, 3.63) is 70.8 Å². The van der Waals surface area contributed by atoms with Gasteiger partial charge in [0.05, 0.1) is 0 Å². The Bertz CT molecular complexity index is 779. The molecule has 2 aliphatic carbocycles. The maximum atomic E-state index is 13.6. The Balaban J connectivity index is 1.27. The molecule has 0 atom stereocenters. The van der Waals surface area contributed by atoms with Crippen molar-refractivity contribution >= 4 is 0 Å². The second kappa shape index (κ2) is 9.41. The number of hydrogen-bond acceptors (Lipinski definition) is 0. The van der Waals surface area contributed by atoms with E-state index in [-0.39, 0.29) is 0 Å². The second-order valence-corrected chi connectivity index (χ2v) is 9.39. The molecule has 0 saturated heterocycles. The van der Waals surface area contributed by atoms with Crippen molar-refractivity contribution in [3.8, 4) is 0 Å². The minimum Gasteiger partial charge on any atom is -0.204 e. The molecule has 29 heavy (non-hydrogen) atoms. The Morgan fingerprint density at radius 3 is 1.69 bits per heavy atom. The summed E-state index contributed by atoms with van der Waals surface area (Å²) in [4.78, 5) is 0. The summed E-state index contributed by atoms with van der Waals surface area (Å²) < 4.78 is 26.8. The molecule has 0 nitrogen and oxygen atoms in total. The van der Waals surface area contributed by atoms with E-state index in [1.807, 2.05) is 0 Å². The van der Waals surface area contributed by atoms with Crippen molar-refractivity contribution in [1.29, 1.82) is 0 Å². The van der Waals surface area contributed by atoms with Crippen LogP contribution in [0.5, 0.6) is 0 Å². The third-order valence-electron chi connectivity index (χ3n) is 7.62. The van der Waals surface area contributed by atoms with Crippen LogP contribution in [0.1, 0.15) is 93.2 Å². The molecule has 2 aromatic rings. The van der Waals surface area contributed by atoms with Crippen LogP contribution in [0, 0.1) is 23.5 Å². The van der Waals surface area contributed by atoms with E-state index in [1.54, 1.807) is 6.07 Å². The maximum absolute atomic E-state index is 13.6. The van der Waals surface area contributed by atoms with Gasteiger partial charge in [-0.3, -0.25) is 0 Å². The van der Waals surface area contributed by atoms with E-state index in [0.29, 0.717) is 5.92 Å². The summed E-state index contributed by atoms with van der Waals surface area (Å²) in [7, 11) is 0. The van der Waals surface area contributed by atoms with Crippen molar-refractivity contribution in [3.63, 3.8) is 0 Å². The van der Waals surface area contributed by atoms with Gasteiger partial charge in [-0.15, -0.1) is 0 Å². The highest BCUT2D eigenvalue weighted by Crippen LogP contribution is 2.45. The summed E-state index contributed by atoms with van der Waals surface area (Å²) in [5.41, 5.74) is 3.98.